The summed E-state index contributed by atoms with van der Waals surface area (Å²) in [6.07, 6.45) is 1.80. The second kappa shape index (κ2) is 4.80. The summed E-state index contributed by atoms with van der Waals surface area (Å²) in [6, 6.07) is 3.95. The van der Waals surface area contributed by atoms with Crippen molar-refractivity contribution in [3.05, 3.63) is 35.5 Å². The zero-order valence-corrected chi connectivity index (χ0v) is 11.9. The first-order valence-electron chi connectivity index (χ1n) is 6.76. The Labute approximate surface area is 121 Å². The van der Waals surface area contributed by atoms with Crippen molar-refractivity contribution in [3.8, 4) is 17.0 Å². The second-order valence-corrected chi connectivity index (χ2v) is 5.46. The highest BCUT2D eigenvalue weighted by molar-refractivity contribution is 5.61. The lowest BCUT2D eigenvalue weighted by atomic mass is 9.92. The van der Waals surface area contributed by atoms with Crippen LogP contribution in [-0.2, 0) is 16.9 Å². The maximum Gasteiger partial charge on any atom is 0.187 e. The number of hydrogen-bond acceptors (Lipinski definition) is 3. The summed E-state index contributed by atoms with van der Waals surface area (Å²) in [6.45, 7) is 2.72. The maximum atomic E-state index is 13.5. The van der Waals surface area contributed by atoms with Crippen LogP contribution >= 0.6 is 0 Å². The van der Waals surface area contributed by atoms with E-state index in [1.54, 1.807) is 13.2 Å². The smallest absolute Gasteiger partial charge is 0.187 e. The number of rotatable bonds is 2. The molecule has 112 valence electrons. The van der Waals surface area contributed by atoms with E-state index < -0.39 is 23.0 Å². The third-order valence-electron chi connectivity index (χ3n) is 4.11. The van der Waals surface area contributed by atoms with Gasteiger partial charge in [0.25, 0.3) is 0 Å². The minimum atomic E-state index is -0.995. The minimum Gasteiger partial charge on any atom is -0.503 e. The number of hydrogen-bond donors (Lipinski definition) is 1. The number of halogens is 2. The molecule has 1 aliphatic heterocycles. The average Bonchev–Trinajstić information content (AvgIpc) is 2.90. The van der Waals surface area contributed by atoms with Crippen molar-refractivity contribution in [1.82, 2.24) is 9.78 Å². The Balaban J connectivity index is 2.10. The van der Waals surface area contributed by atoms with Gasteiger partial charge in [0.1, 0.15) is 5.60 Å². The van der Waals surface area contributed by atoms with Crippen molar-refractivity contribution in [2.45, 2.75) is 31.9 Å². The van der Waals surface area contributed by atoms with Crippen LogP contribution in [0.5, 0.6) is 5.75 Å². The molecule has 0 radical (unpaired) electrons. The van der Waals surface area contributed by atoms with Gasteiger partial charge in [0, 0.05) is 19.2 Å². The van der Waals surface area contributed by atoms with Crippen LogP contribution in [0.2, 0.25) is 0 Å². The molecule has 4 nitrogen and oxygen atoms in total. The van der Waals surface area contributed by atoms with Crippen LogP contribution in [-0.4, -0.2) is 22.0 Å². The van der Waals surface area contributed by atoms with Crippen LogP contribution in [0.1, 0.15) is 25.5 Å². The zero-order chi connectivity index (χ0) is 15.2. The van der Waals surface area contributed by atoms with E-state index in [4.69, 9.17) is 9.84 Å². The van der Waals surface area contributed by atoms with Crippen molar-refractivity contribution >= 4 is 0 Å². The van der Waals surface area contributed by atoms with Crippen LogP contribution in [0, 0.1) is 11.6 Å². The van der Waals surface area contributed by atoms with Crippen molar-refractivity contribution in [2.75, 3.05) is 7.11 Å². The minimum absolute atomic E-state index is 0.295. The molecule has 0 aliphatic carbocycles. The molecule has 2 heterocycles. The van der Waals surface area contributed by atoms with Gasteiger partial charge >= 0.3 is 0 Å². The van der Waals surface area contributed by atoms with E-state index >= 15 is 0 Å². The van der Waals surface area contributed by atoms with Crippen molar-refractivity contribution in [2.24, 2.45) is 0 Å². The number of aromatic hydroxyl groups is 1. The molecule has 0 saturated heterocycles. The Hall–Kier alpha value is -1.95. The molecule has 3 rings (SSSR count). The number of aryl methyl sites for hydroxylation is 1. The molecule has 1 aromatic heterocycles. The highest BCUT2D eigenvalue weighted by Crippen LogP contribution is 2.37. The lowest BCUT2D eigenvalue weighted by molar-refractivity contribution is -0.0250. The Bertz CT molecular complexity index is 676. The standard InChI is InChI=1S/C15H16F2N2O2/c1-15(21-2)4-3-5-19-13(15)8-12(18-19)9-6-10(16)14(20)11(17)7-9/h6-8,20H,3-5H2,1-2H3. The van der Waals surface area contributed by atoms with Gasteiger partial charge in [-0.05, 0) is 38.0 Å². The van der Waals surface area contributed by atoms with Crippen LogP contribution in [0.25, 0.3) is 11.3 Å². The van der Waals surface area contributed by atoms with Gasteiger partial charge in [-0.25, -0.2) is 8.78 Å². The van der Waals surface area contributed by atoms with Gasteiger partial charge in [0.05, 0.1) is 11.4 Å². The first kappa shape index (κ1) is 14.0. The fourth-order valence-corrected chi connectivity index (χ4v) is 2.77. The Morgan fingerprint density at radius 2 is 1.95 bits per heavy atom. The van der Waals surface area contributed by atoms with E-state index in [-0.39, 0.29) is 0 Å². The molecular weight excluding hydrogens is 278 g/mol. The molecule has 0 fully saturated rings. The molecule has 0 saturated carbocycles. The Kier molecular flexibility index (Phi) is 3.20. The quantitative estimate of drug-likeness (QED) is 0.925. The fraction of sp³-hybridized carbons (Fsp3) is 0.400. The summed E-state index contributed by atoms with van der Waals surface area (Å²) >= 11 is 0. The molecule has 2 aromatic rings. The predicted octanol–water partition coefficient (Wildman–Crippen LogP) is 3.19. The van der Waals surface area contributed by atoms with Gasteiger partial charge in [0.15, 0.2) is 17.4 Å². The van der Waals surface area contributed by atoms with Crippen LogP contribution in [0.3, 0.4) is 0 Å². The molecule has 1 atom stereocenters. The maximum absolute atomic E-state index is 13.5. The lowest BCUT2D eigenvalue weighted by Crippen LogP contribution is -2.32. The monoisotopic (exact) mass is 294 g/mol. The number of phenols is 1. The number of aromatic nitrogens is 2. The van der Waals surface area contributed by atoms with Crippen LogP contribution < -0.4 is 0 Å². The molecule has 21 heavy (non-hydrogen) atoms. The van der Waals surface area contributed by atoms with Gasteiger partial charge in [0.2, 0.25) is 0 Å². The topological polar surface area (TPSA) is 47.3 Å². The predicted molar refractivity (Wildman–Crippen MR) is 72.8 cm³/mol. The number of benzene rings is 1. The Morgan fingerprint density at radius 1 is 1.29 bits per heavy atom. The van der Waals surface area contributed by atoms with Gasteiger partial charge in [-0.15, -0.1) is 0 Å². The van der Waals surface area contributed by atoms with E-state index in [9.17, 15) is 8.78 Å². The van der Waals surface area contributed by atoms with E-state index in [2.05, 4.69) is 5.10 Å². The molecule has 1 aliphatic rings. The van der Waals surface area contributed by atoms with E-state index in [0.29, 0.717) is 11.3 Å². The highest BCUT2D eigenvalue weighted by atomic mass is 19.1. The number of phenolic OH excluding ortho intramolecular Hbond substituents is 1. The molecular formula is C15H16F2N2O2. The number of fused-ring (bicyclic) bond motifs is 1. The first-order valence-corrected chi connectivity index (χ1v) is 6.76. The molecule has 0 bridgehead atoms. The molecule has 0 amide bonds. The molecule has 1 unspecified atom stereocenters. The van der Waals surface area contributed by atoms with Gasteiger partial charge in [-0.3, -0.25) is 4.68 Å². The van der Waals surface area contributed by atoms with Crippen LogP contribution in [0.15, 0.2) is 18.2 Å². The summed E-state index contributed by atoms with van der Waals surface area (Å²) in [5.41, 5.74) is 1.20. The first-order chi connectivity index (χ1) is 9.94. The van der Waals surface area contributed by atoms with Gasteiger partial charge in [-0.2, -0.15) is 5.10 Å². The summed E-state index contributed by atoms with van der Waals surface area (Å²) in [4.78, 5) is 0. The SMILES string of the molecule is COC1(C)CCCn2nc(-c3cc(F)c(O)c(F)c3)cc21. The molecule has 1 aromatic carbocycles. The van der Waals surface area contributed by atoms with Gasteiger partial charge < -0.3 is 9.84 Å². The van der Waals surface area contributed by atoms with Crippen LogP contribution in [0.4, 0.5) is 8.78 Å². The summed E-state index contributed by atoms with van der Waals surface area (Å²) < 4.78 is 34.3. The summed E-state index contributed by atoms with van der Waals surface area (Å²) in [5.74, 6) is -2.96. The normalized spacial score (nSPS) is 21.3. The molecule has 6 heteroatoms. The number of nitrogens with zero attached hydrogens (tertiary/aromatic N) is 2. The third kappa shape index (κ3) is 2.19. The average molecular weight is 294 g/mol. The summed E-state index contributed by atoms with van der Waals surface area (Å²) in [5, 5.41) is 13.6. The molecule has 1 N–H and O–H groups in total. The lowest BCUT2D eigenvalue weighted by Gasteiger charge is -2.32. The highest BCUT2D eigenvalue weighted by Gasteiger charge is 2.34. The van der Waals surface area contributed by atoms with Crippen molar-refractivity contribution in [3.63, 3.8) is 0 Å². The van der Waals surface area contributed by atoms with E-state index in [1.165, 1.54) is 0 Å². The largest absolute Gasteiger partial charge is 0.503 e. The summed E-state index contributed by atoms with van der Waals surface area (Å²) in [7, 11) is 1.64. The van der Waals surface area contributed by atoms with E-state index in [1.807, 2.05) is 11.6 Å². The third-order valence-corrected chi connectivity index (χ3v) is 4.11. The van der Waals surface area contributed by atoms with Crippen molar-refractivity contribution < 1.29 is 18.6 Å². The van der Waals surface area contributed by atoms with Gasteiger partial charge in [-0.1, -0.05) is 0 Å². The second-order valence-electron chi connectivity index (χ2n) is 5.46. The zero-order valence-electron chi connectivity index (χ0n) is 11.9. The van der Waals surface area contributed by atoms with Crippen molar-refractivity contribution in [1.29, 1.82) is 0 Å². The molecule has 0 spiro atoms. The fourth-order valence-electron chi connectivity index (χ4n) is 2.77. The number of ether oxygens (including phenoxy) is 1. The van der Waals surface area contributed by atoms with E-state index in [0.717, 1.165) is 37.2 Å². The Morgan fingerprint density at radius 3 is 2.57 bits per heavy atom. The number of methoxy groups -OCH3 is 1.